The molecule has 6 heteroatoms. The zero-order chi connectivity index (χ0) is 12.6. The van der Waals surface area contributed by atoms with Crippen LogP contribution in [0.5, 0.6) is 0 Å². The van der Waals surface area contributed by atoms with E-state index in [1.54, 1.807) is 19.9 Å². The van der Waals surface area contributed by atoms with Crippen molar-refractivity contribution in [3.05, 3.63) is 29.2 Å². The van der Waals surface area contributed by atoms with Crippen molar-refractivity contribution in [3.63, 3.8) is 0 Å². The average Bonchev–Trinajstić information content (AvgIpc) is 2.85. The van der Waals surface area contributed by atoms with Gasteiger partial charge in [-0.15, -0.1) is 0 Å². The van der Waals surface area contributed by atoms with Gasteiger partial charge in [0.2, 0.25) is 0 Å². The van der Waals surface area contributed by atoms with E-state index in [0.717, 1.165) is 0 Å². The maximum absolute atomic E-state index is 12.2. The number of hydrogen-bond acceptors (Lipinski definition) is 4. The fourth-order valence-corrected chi connectivity index (χ4v) is 1.88. The molecule has 1 atom stereocenters. The van der Waals surface area contributed by atoms with Crippen molar-refractivity contribution in [2.75, 3.05) is 6.54 Å². The van der Waals surface area contributed by atoms with Gasteiger partial charge in [0.05, 0.1) is 5.69 Å². The Morgan fingerprint density at radius 3 is 2.76 bits per heavy atom. The largest absolute Gasteiger partial charge is 0.479 e. The maximum Gasteiger partial charge on any atom is 0.330 e. The monoisotopic (exact) mass is 236 g/mol. The highest BCUT2D eigenvalue weighted by molar-refractivity contribution is 5.99. The van der Waals surface area contributed by atoms with Gasteiger partial charge in [-0.2, -0.15) is 0 Å². The van der Waals surface area contributed by atoms with E-state index in [-0.39, 0.29) is 5.91 Å². The molecule has 0 radical (unpaired) electrons. The summed E-state index contributed by atoms with van der Waals surface area (Å²) < 4.78 is 4.91. The fraction of sp³-hybridized carbons (Fsp3) is 0.364. The summed E-state index contributed by atoms with van der Waals surface area (Å²) in [6.07, 6.45) is 3.16. The van der Waals surface area contributed by atoms with Gasteiger partial charge in [0, 0.05) is 6.54 Å². The Morgan fingerprint density at radius 1 is 1.53 bits per heavy atom. The van der Waals surface area contributed by atoms with Crippen LogP contribution >= 0.6 is 0 Å². The molecular weight excluding hydrogens is 224 g/mol. The fourth-order valence-electron chi connectivity index (χ4n) is 1.88. The number of aryl methyl sites for hydroxylation is 2. The van der Waals surface area contributed by atoms with Crippen LogP contribution in [0.25, 0.3) is 0 Å². The van der Waals surface area contributed by atoms with Crippen LogP contribution < -0.4 is 0 Å². The molecule has 0 bridgehead atoms. The molecule has 1 aliphatic heterocycles. The number of aromatic nitrogens is 1. The third-order valence-electron chi connectivity index (χ3n) is 2.72. The second-order valence-electron chi connectivity index (χ2n) is 3.87. The Hall–Kier alpha value is -2.11. The van der Waals surface area contributed by atoms with Gasteiger partial charge in [-0.25, -0.2) is 4.79 Å². The van der Waals surface area contributed by atoms with Crippen molar-refractivity contribution in [2.45, 2.75) is 19.9 Å². The van der Waals surface area contributed by atoms with Crippen LogP contribution in [0.3, 0.4) is 0 Å². The van der Waals surface area contributed by atoms with Crippen LogP contribution in [0.1, 0.15) is 21.8 Å². The van der Waals surface area contributed by atoms with Gasteiger partial charge in [0.1, 0.15) is 17.4 Å². The quantitative estimate of drug-likeness (QED) is 0.766. The third-order valence-corrected chi connectivity index (χ3v) is 2.72. The number of carbonyl (C=O) groups is 2. The van der Waals surface area contributed by atoms with Crippen LogP contribution in [0.4, 0.5) is 0 Å². The first-order valence-corrected chi connectivity index (χ1v) is 5.15. The number of nitrogens with zero attached hydrogens (tertiary/aromatic N) is 2. The van der Waals surface area contributed by atoms with Gasteiger partial charge < -0.3 is 14.5 Å². The second-order valence-corrected chi connectivity index (χ2v) is 3.87. The first-order chi connectivity index (χ1) is 8.02. The van der Waals surface area contributed by atoms with E-state index in [2.05, 4.69) is 5.16 Å². The highest BCUT2D eigenvalue weighted by Crippen LogP contribution is 2.19. The predicted molar refractivity (Wildman–Crippen MR) is 57.6 cm³/mol. The van der Waals surface area contributed by atoms with Crippen molar-refractivity contribution in [2.24, 2.45) is 0 Å². The number of carbonyl (C=O) groups excluding carboxylic acids is 1. The molecule has 0 aromatic carbocycles. The molecule has 2 rings (SSSR count). The lowest BCUT2D eigenvalue weighted by Crippen LogP contribution is -2.41. The number of aliphatic carboxylic acids is 1. The first kappa shape index (κ1) is 11.4. The van der Waals surface area contributed by atoms with Crippen molar-refractivity contribution >= 4 is 11.9 Å². The van der Waals surface area contributed by atoms with E-state index in [4.69, 9.17) is 9.63 Å². The predicted octanol–water partition coefficient (Wildman–Crippen LogP) is 0.757. The Balaban J connectivity index is 2.30. The average molecular weight is 236 g/mol. The van der Waals surface area contributed by atoms with E-state index in [9.17, 15) is 9.59 Å². The van der Waals surface area contributed by atoms with Crippen molar-refractivity contribution in [1.29, 1.82) is 0 Å². The molecule has 90 valence electrons. The van der Waals surface area contributed by atoms with Crippen LogP contribution in [-0.2, 0) is 4.79 Å². The zero-order valence-electron chi connectivity index (χ0n) is 9.51. The highest BCUT2D eigenvalue weighted by atomic mass is 16.5. The van der Waals surface area contributed by atoms with Crippen molar-refractivity contribution in [3.8, 4) is 0 Å². The van der Waals surface area contributed by atoms with Gasteiger partial charge in [-0.05, 0) is 13.8 Å². The standard InChI is InChI=1S/C11H12N2O4/c1-6-9(7(2)17-12-6)10(14)13-5-3-4-8(13)11(15)16/h3-4,8H,5H2,1-2H3,(H,15,16). The van der Waals surface area contributed by atoms with Crippen LogP contribution in [0.2, 0.25) is 0 Å². The molecule has 0 saturated heterocycles. The Morgan fingerprint density at radius 2 is 2.24 bits per heavy atom. The Bertz CT molecular complexity index is 484. The molecule has 1 amide bonds. The minimum atomic E-state index is -1.04. The minimum absolute atomic E-state index is 0.292. The number of carboxylic acids is 1. The summed E-state index contributed by atoms with van der Waals surface area (Å²) in [6.45, 7) is 3.58. The second kappa shape index (κ2) is 4.04. The summed E-state index contributed by atoms with van der Waals surface area (Å²) in [5.74, 6) is -0.999. The topological polar surface area (TPSA) is 83.6 Å². The summed E-state index contributed by atoms with van der Waals surface area (Å²) in [4.78, 5) is 24.4. The van der Waals surface area contributed by atoms with Crippen molar-refractivity contribution in [1.82, 2.24) is 10.1 Å². The summed E-state index contributed by atoms with van der Waals surface area (Å²) in [5, 5.41) is 12.7. The third kappa shape index (κ3) is 1.82. The van der Waals surface area contributed by atoms with Gasteiger partial charge in [0.25, 0.3) is 5.91 Å². The van der Waals surface area contributed by atoms with E-state index in [1.165, 1.54) is 11.0 Å². The van der Waals surface area contributed by atoms with E-state index < -0.39 is 12.0 Å². The molecule has 1 aliphatic rings. The molecular formula is C11H12N2O4. The highest BCUT2D eigenvalue weighted by Gasteiger charge is 2.33. The molecule has 0 fully saturated rings. The molecule has 6 nitrogen and oxygen atoms in total. The normalized spacial score (nSPS) is 18.7. The summed E-state index contributed by atoms with van der Waals surface area (Å²) >= 11 is 0. The summed E-state index contributed by atoms with van der Waals surface area (Å²) in [6, 6.07) is -0.906. The minimum Gasteiger partial charge on any atom is -0.479 e. The lowest BCUT2D eigenvalue weighted by molar-refractivity contribution is -0.140. The van der Waals surface area contributed by atoms with Crippen LogP contribution in [0.15, 0.2) is 16.7 Å². The van der Waals surface area contributed by atoms with Crippen LogP contribution in [-0.4, -0.2) is 39.6 Å². The van der Waals surface area contributed by atoms with E-state index in [0.29, 0.717) is 23.6 Å². The lowest BCUT2D eigenvalue weighted by Gasteiger charge is -2.21. The molecule has 0 saturated carbocycles. The molecule has 0 spiro atoms. The van der Waals surface area contributed by atoms with Gasteiger partial charge in [-0.3, -0.25) is 4.79 Å². The smallest absolute Gasteiger partial charge is 0.330 e. The SMILES string of the molecule is Cc1noc(C)c1C(=O)N1CC=CC1C(=O)O. The van der Waals surface area contributed by atoms with Gasteiger partial charge >= 0.3 is 5.97 Å². The lowest BCUT2D eigenvalue weighted by atomic mass is 10.1. The molecule has 0 aliphatic carbocycles. The molecule has 1 N–H and O–H groups in total. The number of hydrogen-bond donors (Lipinski definition) is 1. The Kier molecular flexibility index (Phi) is 2.71. The van der Waals surface area contributed by atoms with E-state index in [1.807, 2.05) is 0 Å². The van der Waals surface area contributed by atoms with E-state index >= 15 is 0 Å². The molecule has 1 aromatic heterocycles. The molecule has 1 aromatic rings. The van der Waals surface area contributed by atoms with Crippen LogP contribution in [0, 0.1) is 13.8 Å². The van der Waals surface area contributed by atoms with Gasteiger partial charge in [-0.1, -0.05) is 17.3 Å². The zero-order valence-corrected chi connectivity index (χ0v) is 9.51. The van der Waals surface area contributed by atoms with Gasteiger partial charge in [0.15, 0.2) is 0 Å². The number of rotatable bonds is 2. The first-order valence-electron chi connectivity index (χ1n) is 5.15. The number of amides is 1. The van der Waals surface area contributed by atoms with Crippen molar-refractivity contribution < 1.29 is 19.2 Å². The summed E-state index contributed by atoms with van der Waals surface area (Å²) in [5.41, 5.74) is 0.823. The number of carboxylic acid groups (broad SMARTS) is 1. The molecule has 1 unspecified atom stereocenters. The molecule has 17 heavy (non-hydrogen) atoms. The maximum atomic E-state index is 12.2. The summed E-state index contributed by atoms with van der Waals surface area (Å²) in [7, 11) is 0. The Labute approximate surface area is 97.5 Å². The molecule has 2 heterocycles.